The third-order valence-corrected chi connectivity index (χ3v) is 5.59. The monoisotopic (exact) mass is 422 g/mol. The van der Waals surface area contributed by atoms with Gasteiger partial charge >= 0.3 is 0 Å². The number of carbonyl (C=O) groups excluding carboxylic acids is 1. The van der Waals surface area contributed by atoms with Crippen LogP contribution in [0.2, 0.25) is 0 Å². The first kappa shape index (κ1) is 17.1. The number of halogens is 1. The Balaban J connectivity index is 1.46. The van der Waals surface area contributed by atoms with Crippen LogP contribution in [0.1, 0.15) is 20.9 Å². The summed E-state index contributed by atoms with van der Waals surface area (Å²) in [6.07, 6.45) is 0.830. The minimum atomic E-state index is -0.0725. The quantitative estimate of drug-likeness (QED) is 0.608. The van der Waals surface area contributed by atoms with Crippen LogP contribution in [0.4, 0.5) is 0 Å². The number of carbonyl (C=O) groups is 1. The van der Waals surface area contributed by atoms with Crippen LogP contribution in [0.5, 0.6) is 5.75 Å². The van der Waals surface area contributed by atoms with Crippen molar-refractivity contribution in [1.82, 2.24) is 10.3 Å². The summed E-state index contributed by atoms with van der Waals surface area (Å²) in [4.78, 5) is 17.5. The number of nitrogens with one attached hydrogen (secondary N) is 1. The Kier molecular flexibility index (Phi) is 6.01. The zero-order valence-electron chi connectivity index (χ0n) is 12.7. The van der Waals surface area contributed by atoms with E-state index in [2.05, 4.69) is 32.3 Å². The van der Waals surface area contributed by atoms with Gasteiger partial charge in [0, 0.05) is 22.4 Å². The zero-order chi connectivity index (χ0) is 16.8. The van der Waals surface area contributed by atoms with E-state index in [1.807, 2.05) is 11.4 Å². The Labute approximate surface area is 156 Å². The molecule has 0 saturated heterocycles. The second kappa shape index (κ2) is 8.41. The number of amides is 1. The van der Waals surface area contributed by atoms with Crippen molar-refractivity contribution in [3.63, 3.8) is 0 Å². The van der Waals surface area contributed by atoms with E-state index in [9.17, 15) is 4.79 Å². The van der Waals surface area contributed by atoms with Crippen LogP contribution in [-0.4, -0.2) is 17.4 Å². The van der Waals surface area contributed by atoms with Gasteiger partial charge in [-0.2, -0.15) is 0 Å². The topological polar surface area (TPSA) is 51.2 Å². The van der Waals surface area contributed by atoms with Crippen LogP contribution in [-0.2, 0) is 13.0 Å². The van der Waals surface area contributed by atoms with Crippen LogP contribution in [0.25, 0.3) is 0 Å². The van der Waals surface area contributed by atoms with Crippen molar-refractivity contribution in [2.75, 3.05) is 6.54 Å². The lowest BCUT2D eigenvalue weighted by Gasteiger charge is -2.07. The third-order valence-electron chi connectivity index (χ3n) is 3.27. The van der Waals surface area contributed by atoms with Gasteiger partial charge in [-0.05, 0) is 58.7 Å². The molecule has 4 nitrogen and oxygen atoms in total. The smallest absolute Gasteiger partial charge is 0.251 e. The molecular weight excluding hydrogens is 408 g/mol. The van der Waals surface area contributed by atoms with Crippen LogP contribution >= 0.6 is 38.6 Å². The molecule has 0 fully saturated rings. The van der Waals surface area contributed by atoms with Crippen molar-refractivity contribution in [2.45, 2.75) is 13.0 Å². The molecule has 0 aliphatic carbocycles. The minimum absolute atomic E-state index is 0.0725. The van der Waals surface area contributed by atoms with Crippen molar-refractivity contribution < 1.29 is 9.53 Å². The number of benzene rings is 1. The van der Waals surface area contributed by atoms with Gasteiger partial charge < -0.3 is 10.1 Å². The SMILES string of the molecule is O=C(NCCc1ccc(Br)s1)c1ccc(OCc2cscn2)cc1. The van der Waals surface area contributed by atoms with Gasteiger partial charge in [0.05, 0.1) is 15.0 Å². The van der Waals surface area contributed by atoms with Gasteiger partial charge in [-0.15, -0.1) is 22.7 Å². The van der Waals surface area contributed by atoms with Gasteiger partial charge in [-0.1, -0.05) is 0 Å². The number of thiazole rings is 1. The lowest BCUT2D eigenvalue weighted by Crippen LogP contribution is -2.25. The first-order valence-electron chi connectivity index (χ1n) is 7.33. The maximum Gasteiger partial charge on any atom is 0.251 e. The van der Waals surface area contributed by atoms with E-state index in [1.54, 1.807) is 52.4 Å². The van der Waals surface area contributed by atoms with E-state index in [-0.39, 0.29) is 5.91 Å². The lowest BCUT2D eigenvalue weighted by molar-refractivity contribution is 0.0954. The van der Waals surface area contributed by atoms with E-state index >= 15 is 0 Å². The summed E-state index contributed by atoms with van der Waals surface area (Å²) in [5.41, 5.74) is 3.31. The predicted octanol–water partition coefficient (Wildman–Crippen LogP) is 4.52. The molecule has 0 aliphatic rings. The lowest BCUT2D eigenvalue weighted by atomic mass is 10.2. The van der Waals surface area contributed by atoms with Gasteiger partial charge in [0.2, 0.25) is 0 Å². The van der Waals surface area contributed by atoms with Crippen molar-refractivity contribution in [3.05, 3.63) is 67.2 Å². The second-order valence-corrected chi connectivity index (χ2v) is 8.27. The molecule has 3 rings (SSSR count). The van der Waals surface area contributed by atoms with Gasteiger partial charge in [0.1, 0.15) is 12.4 Å². The summed E-state index contributed by atoms with van der Waals surface area (Å²) >= 11 is 6.67. The molecule has 1 N–H and O–H groups in total. The van der Waals surface area contributed by atoms with E-state index in [1.165, 1.54) is 4.88 Å². The molecule has 0 spiro atoms. The highest BCUT2D eigenvalue weighted by Crippen LogP contribution is 2.22. The summed E-state index contributed by atoms with van der Waals surface area (Å²) < 4.78 is 6.74. The molecular formula is C17H15BrN2O2S2. The van der Waals surface area contributed by atoms with Crippen LogP contribution < -0.4 is 10.1 Å². The number of hydrogen-bond donors (Lipinski definition) is 1. The summed E-state index contributed by atoms with van der Waals surface area (Å²) in [5.74, 6) is 0.652. The highest BCUT2D eigenvalue weighted by atomic mass is 79.9. The standard InChI is InChI=1S/C17H15BrN2O2S2/c18-16-6-5-15(24-16)7-8-19-17(21)12-1-3-14(4-2-12)22-9-13-10-23-11-20-13/h1-6,10-11H,7-9H2,(H,19,21). The molecule has 0 unspecified atom stereocenters. The molecule has 1 amide bonds. The molecule has 0 aliphatic heterocycles. The molecule has 7 heteroatoms. The van der Waals surface area contributed by atoms with Crippen molar-refractivity contribution in [2.24, 2.45) is 0 Å². The van der Waals surface area contributed by atoms with E-state index in [0.717, 1.165) is 21.7 Å². The largest absolute Gasteiger partial charge is 0.487 e. The average Bonchev–Trinajstić information content (AvgIpc) is 3.25. The van der Waals surface area contributed by atoms with Crippen LogP contribution in [0.3, 0.4) is 0 Å². The molecule has 124 valence electrons. The number of hydrogen-bond acceptors (Lipinski definition) is 5. The van der Waals surface area contributed by atoms with Gasteiger partial charge in [0.25, 0.3) is 5.91 Å². The minimum Gasteiger partial charge on any atom is -0.487 e. The highest BCUT2D eigenvalue weighted by Gasteiger charge is 2.06. The van der Waals surface area contributed by atoms with Gasteiger partial charge in [-0.3, -0.25) is 4.79 Å². The second-order valence-electron chi connectivity index (χ2n) is 5.00. The zero-order valence-corrected chi connectivity index (χ0v) is 15.9. The van der Waals surface area contributed by atoms with Crippen molar-refractivity contribution in [3.8, 4) is 5.75 Å². The van der Waals surface area contributed by atoms with Gasteiger partial charge in [-0.25, -0.2) is 4.98 Å². The number of nitrogens with zero attached hydrogens (tertiary/aromatic N) is 1. The Morgan fingerprint density at radius 1 is 1.21 bits per heavy atom. The Morgan fingerprint density at radius 3 is 2.71 bits per heavy atom. The molecule has 0 saturated carbocycles. The maximum atomic E-state index is 12.1. The fourth-order valence-corrected chi connectivity index (χ4v) is 4.08. The summed E-state index contributed by atoms with van der Waals surface area (Å²) in [7, 11) is 0. The van der Waals surface area contributed by atoms with Crippen LogP contribution in [0, 0.1) is 0 Å². The maximum absolute atomic E-state index is 12.1. The summed E-state index contributed by atoms with van der Waals surface area (Å²) in [6.45, 7) is 1.05. The normalized spacial score (nSPS) is 10.5. The van der Waals surface area contributed by atoms with E-state index < -0.39 is 0 Å². The fourth-order valence-electron chi connectivity index (χ4n) is 2.06. The third kappa shape index (κ3) is 4.90. The molecule has 2 aromatic heterocycles. The molecule has 1 aromatic carbocycles. The average molecular weight is 423 g/mol. The first-order valence-corrected chi connectivity index (χ1v) is 9.88. The summed E-state index contributed by atoms with van der Waals surface area (Å²) in [5, 5.41) is 4.89. The predicted molar refractivity (Wildman–Crippen MR) is 101 cm³/mol. The fraction of sp³-hybridized carbons (Fsp3) is 0.176. The number of thiophene rings is 1. The number of aromatic nitrogens is 1. The molecule has 0 radical (unpaired) electrons. The molecule has 0 atom stereocenters. The molecule has 3 aromatic rings. The number of rotatable bonds is 7. The van der Waals surface area contributed by atoms with Gasteiger partial charge in [0.15, 0.2) is 0 Å². The number of ether oxygens (including phenoxy) is 1. The molecule has 24 heavy (non-hydrogen) atoms. The Bertz CT molecular complexity index is 785. The van der Waals surface area contributed by atoms with E-state index in [4.69, 9.17) is 4.74 Å². The highest BCUT2D eigenvalue weighted by molar-refractivity contribution is 9.11. The Hall–Kier alpha value is -1.70. The Morgan fingerprint density at radius 2 is 2.04 bits per heavy atom. The van der Waals surface area contributed by atoms with Crippen LogP contribution in [0.15, 0.2) is 51.1 Å². The molecule has 0 bridgehead atoms. The molecule has 2 heterocycles. The van der Waals surface area contributed by atoms with E-state index in [0.29, 0.717) is 18.7 Å². The van der Waals surface area contributed by atoms with Crippen molar-refractivity contribution in [1.29, 1.82) is 0 Å². The first-order chi connectivity index (χ1) is 11.7. The summed E-state index contributed by atoms with van der Waals surface area (Å²) in [6, 6.07) is 11.2. The van der Waals surface area contributed by atoms with Crippen molar-refractivity contribution >= 4 is 44.5 Å².